The monoisotopic (exact) mass is 664 g/mol. The third kappa shape index (κ3) is 6.69. The van der Waals surface area contributed by atoms with E-state index in [2.05, 4.69) is 0 Å². The van der Waals surface area contributed by atoms with Crippen LogP contribution in [-0.2, 0) is 32.6 Å². The van der Waals surface area contributed by atoms with E-state index in [-0.39, 0.29) is 15.9 Å². The zero-order chi connectivity index (χ0) is 32.6. The molecule has 0 radical (unpaired) electrons. The van der Waals surface area contributed by atoms with E-state index in [1.54, 1.807) is 30.3 Å². The Labute approximate surface area is 246 Å². The first-order valence-electron chi connectivity index (χ1n) is 12.5. The molecule has 4 aromatic carbocycles. The van der Waals surface area contributed by atoms with Crippen LogP contribution in [0.25, 0.3) is 6.08 Å². The fraction of sp³-hybridized carbons (Fsp3) is 0.133. The fourth-order valence-electron chi connectivity index (χ4n) is 4.62. The SMILES string of the molecule is CP(OS(=O)(=O)C=Cc1ccccc1)(c1ccc(C(F)(F)F)cc1)(c1ccc(C(F)(F)F)cc1)c1ccc(C(F)(F)F)cc1. The van der Waals surface area contributed by atoms with Crippen LogP contribution in [0, 0.1) is 0 Å². The van der Waals surface area contributed by atoms with E-state index < -0.39 is 52.2 Å². The molecular formula is C30H22F9O3PS. The molecule has 0 aliphatic carbocycles. The maximum atomic E-state index is 13.6. The third-order valence-corrected chi connectivity index (χ3v) is 14.4. The molecule has 0 saturated carbocycles. The second-order valence-electron chi connectivity index (χ2n) is 9.88. The summed E-state index contributed by atoms with van der Waals surface area (Å²) in [6, 6.07) is 17.2. The van der Waals surface area contributed by atoms with E-state index in [1.807, 2.05) is 0 Å². The van der Waals surface area contributed by atoms with Gasteiger partial charge in [-0.05, 0) is 0 Å². The molecule has 0 heterocycles. The molecule has 0 aliphatic rings. The molecule has 0 bridgehead atoms. The molecular weight excluding hydrogens is 642 g/mol. The quantitative estimate of drug-likeness (QED) is 0.148. The standard InChI is InChI=1S/C30H22F9O3PS/c1-43(25-13-7-22(8-14-25)28(31,32)33,26-15-9-23(10-16-26)29(34,35)36,27-17-11-24(12-18-27)30(37,38)39)42-44(40,41)20-19-21-5-3-2-4-6-21/h2-20H,1H3. The predicted octanol–water partition coefficient (Wildman–Crippen LogP) is 8.13. The van der Waals surface area contributed by atoms with Crippen LogP contribution in [0.2, 0.25) is 0 Å². The Kier molecular flexibility index (Phi) is 8.58. The molecule has 0 aliphatic heterocycles. The van der Waals surface area contributed by atoms with Gasteiger partial charge < -0.3 is 0 Å². The Morgan fingerprint density at radius 2 is 0.864 bits per heavy atom. The molecule has 0 amide bonds. The Morgan fingerprint density at radius 3 is 1.16 bits per heavy atom. The van der Waals surface area contributed by atoms with Crippen LogP contribution in [0.4, 0.5) is 39.5 Å². The van der Waals surface area contributed by atoms with Gasteiger partial charge in [0.1, 0.15) is 0 Å². The van der Waals surface area contributed by atoms with Gasteiger partial charge in [0.05, 0.1) is 0 Å². The van der Waals surface area contributed by atoms with Crippen molar-refractivity contribution in [3.8, 4) is 0 Å². The molecule has 4 rings (SSSR count). The Hall–Kier alpha value is -3.67. The molecule has 234 valence electrons. The average molecular weight is 665 g/mol. The molecule has 44 heavy (non-hydrogen) atoms. The molecule has 4 aromatic rings. The Morgan fingerprint density at radius 1 is 0.545 bits per heavy atom. The summed E-state index contributed by atoms with van der Waals surface area (Å²) in [4.78, 5) is 0. The van der Waals surface area contributed by atoms with E-state index >= 15 is 0 Å². The minimum absolute atomic E-state index is 0.208. The van der Waals surface area contributed by atoms with E-state index in [0.29, 0.717) is 47.4 Å². The number of rotatable bonds is 7. The number of hydrogen-bond acceptors (Lipinski definition) is 3. The third-order valence-electron chi connectivity index (χ3n) is 6.97. The second-order valence-corrected chi connectivity index (χ2v) is 16.2. The van der Waals surface area contributed by atoms with Crippen LogP contribution in [0.3, 0.4) is 0 Å². The van der Waals surface area contributed by atoms with Gasteiger partial charge in [0.15, 0.2) is 0 Å². The maximum absolute atomic E-state index is 13.6. The van der Waals surface area contributed by atoms with Gasteiger partial charge in [0, 0.05) is 0 Å². The molecule has 0 fully saturated rings. The molecule has 0 N–H and O–H groups in total. The van der Waals surface area contributed by atoms with Crippen molar-refractivity contribution in [2.24, 2.45) is 0 Å². The predicted molar refractivity (Wildman–Crippen MR) is 152 cm³/mol. The normalized spacial score (nSPS) is 14.4. The summed E-state index contributed by atoms with van der Waals surface area (Å²) in [5, 5.41) is 0.0338. The van der Waals surface area contributed by atoms with Crippen molar-refractivity contribution in [2.45, 2.75) is 18.5 Å². The first-order valence-corrected chi connectivity index (χ1v) is 16.6. The van der Waals surface area contributed by atoms with Crippen molar-refractivity contribution in [2.75, 3.05) is 6.66 Å². The van der Waals surface area contributed by atoms with Crippen LogP contribution in [-0.4, -0.2) is 15.1 Å². The van der Waals surface area contributed by atoms with Gasteiger partial charge in [0.2, 0.25) is 0 Å². The summed E-state index contributed by atoms with van der Waals surface area (Å²) in [6.45, 7) is -4.03. The topological polar surface area (TPSA) is 43.4 Å². The molecule has 0 atom stereocenters. The van der Waals surface area contributed by atoms with Crippen molar-refractivity contribution >= 4 is 38.9 Å². The van der Waals surface area contributed by atoms with Crippen molar-refractivity contribution in [1.29, 1.82) is 0 Å². The molecule has 0 saturated heterocycles. The van der Waals surface area contributed by atoms with Crippen molar-refractivity contribution in [1.82, 2.24) is 0 Å². The summed E-state index contributed by atoms with van der Waals surface area (Å²) in [6.07, 6.45) is -13.3. The summed E-state index contributed by atoms with van der Waals surface area (Å²) in [5.41, 5.74) is -2.97. The molecule has 0 aromatic heterocycles. The Balaban J connectivity index is 2.07. The van der Waals surface area contributed by atoms with Gasteiger partial charge in [-0.2, -0.15) is 0 Å². The molecule has 0 unspecified atom stereocenters. The van der Waals surface area contributed by atoms with Crippen LogP contribution in [0.1, 0.15) is 22.3 Å². The molecule has 14 heteroatoms. The zero-order valence-electron chi connectivity index (χ0n) is 22.5. The van der Waals surface area contributed by atoms with Gasteiger partial charge in [-0.25, -0.2) is 0 Å². The second kappa shape index (κ2) is 11.4. The van der Waals surface area contributed by atoms with Crippen LogP contribution in [0.15, 0.2) is 109 Å². The van der Waals surface area contributed by atoms with Gasteiger partial charge in [-0.3, -0.25) is 0 Å². The van der Waals surface area contributed by atoms with Crippen molar-refractivity contribution in [3.63, 3.8) is 0 Å². The van der Waals surface area contributed by atoms with Gasteiger partial charge in [-0.1, -0.05) is 0 Å². The Bertz CT molecular complexity index is 1600. The van der Waals surface area contributed by atoms with Gasteiger partial charge >= 0.3 is 247 Å². The number of alkyl halides is 9. The van der Waals surface area contributed by atoms with E-state index in [9.17, 15) is 47.9 Å². The minimum atomic E-state index is -5.22. The first-order chi connectivity index (χ1) is 20.2. The molecule has 3 nitrogen and oxygen atoms in total. The summed E-state index contributed by atoms with van der Waals surface area (Å²) < 4.78 is 154. The van der Waals surface area contributed by atoms with Crippen LogP contribution >= 0.6 is 6.83 Å². The van der Waals surface area contributed by atoms with E-state index in [4.69, 9.17) is 3.97 Å². The van der Waals surface area contributed by atoms with Crippen LogP contribution in [0.5, 0.6) is 0 Å². The summed E-state index contributed by atoms with van der Waals surface area (Å²) in [5.74, 6) is 0. The summed E-state index contributed by atoms with van der Waals surface area (Å²) in [7, 11) is -4.85. The van der Waals surface area contributed by atoms with Crippen molar-refractivity contribution < 1.29 is 51.9 Å². The van der Waals surface area contributed by atoms with Gasteiger partial charge in [-0.15, -0.1) is 0 Å². The van der Waals surface area contributed by atoms with Crippen LogP contribution < -0.4 is 15.9 Å². The average Bonchev–Trinajstić information content (AvgIpc) is 2.95. The van der Waals surface area contributed by atoms with E-state index in [0.717, 1.165) is 42.5 Å². The van der Waals surface area contributed by atoms with Gasteiger partial charge in [0.25, 0.3) is 0 Å². The zero-order valence-corrected chi connectivity index (χ0v) is 24.2. The number of halogens is 9. The number of benzene rings is 4. The first kappa shape index (κ1) is 33.2. The summed E-state index contributed by atoms with van der Waals surface area (Å²) >= 11 is 0. The number of hydrogen-bond donors (Lipinski definition) is 0. The molecule has 0 spiro atoms. The fourth-order valence-corrected chi connectivity index (χ4v) is 11.7. The van der Waals surface area contributed by atoms with E-state index in [1.165, 1.54) is 6.66 Å². The van der Waals surface area contributed by atoms with Crippen molar-refractivity contribution in [3.05, 3.63) is 131 Å².